The third kappa shape index (κ3) is 5.01. The van der Waals surface area contributed by atoms with Gasteiger partial charge in [0.25, 0.3) is 0 Å². The molecule has 0 saturated heterocycles. The molecule has 0 radical (unpaired) electrons. The molecule has 1 aliphatic carbocycles. The minimum absolute atomic E-state index is 0.0654. The monoisotopic (exact) mass is 416 g/mol. The zero-order valence-electron chi connectivity index (χ0n) is 17.5. The molecule has 1 heterocycles. The number of pyridine rings is 1. The largest absolute Gasteiger partial charge is 0.550 e. The summed E-state index contributed by atoms with van der Waals surface area (Å²) in [6, 6.07) is 16.4. The van der Waals surface area contributed by atoms with Crippen molar-refractivity contribution in [1.82, 2.24) is 4.98 Å². The van der Waals surface area contributed by atoms with Gasteiger partial charge in [-0.1, -0.05) is 60.2 Å². The van der Waals surface area contributed by atoms with Crippen molar-refractivity contribution in [3.8, 4) is 11.1 Å². The number of aromatic nitrogens is 1. The highest BCUT2D eigenvalue weighted by Gasteiger charge is 2.29. The van der Waals surface area contributed by atoms with E-state index in [2.05, 4.69) is 37.3 Å². The molecule has 0 unspecified atom stereocenters. The van der Waals surface area contributed by atoms with Crippen molar-refractivity contribution < 1.29 is 20.1 Å². The Morgan fingerprint density at radius 2 is 1.87 bits per heavy atom. The Labute approximate surface area is 181 Å². The first-order valence-corrected chi connectivity index (χ1v) is 10.7. The number of benzene rings is 2. The molecular weight excluding hydrogens is 390 g/mol. The Balaban J connectivity index is 1.79. The summed E-state index contributed by atoms with van der Waals surface area (Å²) in [5.41, 5.74) is 6.27. The first-order valence-electron chi connectivity index (χ1n) is 10.7. The number of aliphatic hydroxyl groups excluding tert-OH is 2. The van der Waals surface area contributed by atoms with Crippen LogP contribution in [0.5, 0.6) is 0 Å². The van der Waals surface area contributed by atoms with Crippen LogP contribution in [0.15, 0.2) is 54.6 Å². The number of rotatable bonds is 8. The summed E-state index contributed by atoms with van der Waals surface area (Å²) in [5, 5.41) is 31.9. The van der Waals surface area contributed by atoms with Gasteiger partial charge in [-0.05, 0) is 31.4 Å². The van der Waals surface area contributed by atoms with Crippen LogP contribution in [0.25, 0.3) is 28.1 Å². The Morgan fingerprint density at radius 3 is 2.55 bits per heavy atom. The van der Waals surface area contributed by atoms with Crippen molar-refractivity contribution in [3.05, 3.63) is 71.4 Å². The number of aliphatic carboxylic acids is 1. The third-order valence-electron chi connectivity index (χ3n) is 5.66. The van der Waals surface area contributed by atoms with E-state index in [9.17, 15) is 20.1 Å². The summed E-state index contributed by atoms with van der Waals surface area (Å²) < 4.78 is 0. The highest BCUT2D eigenvalue weighted by molar-refractivity contribution is 5.99. The first-order chi connectivity index (χ1) is 14.9. The van der Waals surface area contributed by atoms with Gasteiger partial charge in [0.1, 0.15) is 0 Å². The number of carbonyl (C=O) groups excluding carboxylic acids is 1. The molecule has 1 aromatic heterocycles. The van der Waals surface area contributed by atoms with Gasteiger partial charge < -0.3 is 20.1 Å². The molecule has 0 amide bonds. The lowest BCUT2D eigenvalue weighted by Gasteiger charge is -2.17. The lowest BCUT2D eigenvalue weighted by Crippen LogP contribution is -2.29. The summed E-state index contributed by atoms with van der Waals surface area (Å²) in [5.74, 6) is -0.936. The van der Waals surface area contributed by atoms with Gasteiger partial charge in [-0.3, -0.25) is 4.98 Å². The second-order valence-electron chi connectivity index (χ2n) is 8.34. The fourth-order valence-corrected chi connectivity index (χ4v) is 3.95. The van der Waals surface area contributed by atoms with E-state index in [1.165, 1.54) is 5.56 Å². The maximum Gasteiger partial charge on any atom is 0.0748 e. The second-order valence-corrected chi connectivity index (χ2v) is 8.34. The number of hydrogen-bond donors (Lipinski definition) is 2. The van der Waals surface area contributed by atoms with E-state index < -0.39 is 24.6 Å². The molecule has 3 aromatic rings. The predicted molar refractivity (Wildman–Crippen MR) is 119 cm³/mol. The van der Waals surface area contributed by atoms with Gasteiger partial charge in [-0.25, -0.2) is 0 Å². The zero-order valence-corrected chi connectivity index (χ0v) is 17.5. The molecule has 0 aliphatic heterocycles. The normalized spacial score (nSPS) is 16.0. The van der Waals surface area contributed by atoms with Crippen molar-refractivity contribution in [3.63, 3.8) is 0 Å². The number of carbonyl (C=O) groups is 1. The molecule has 0 bridgehead atoms. The molecule has 2 N–H and O–H groups in total. The molecule has 5 nitrogen and oxygen atoms in total. The topological polar surface area (TPSA) is 93.5 Å². The van der Waals surface area contributed by atoms with Gasteiger partial charge in [0.15, 0.2) is 0 Å². The van der Waals surface area contributed by atoms with Crippen LogP contribution < -0.4 is 5.11 Å². The van der Waals surface area contributed by atoms with Gasteiger partial charge in [0.05, 0.1) is 23.4 Å². The SMILES string of the molecule is Cc1ccc(-c2c(/C=C/[C@@H](O)C[C@@H](O)CC(=O)[O-])c(C3CC3)nc3ccccc23)cc1. The highest BCUT2D eigenvalue weighted by atomic mass is 16.4. The first kappa shape index (κ1) is 21.2. The molecule has 1 fully saturated rings. The summed E-state index contributed by atoms with van der Waals surface area (Å²) >= 11 is 0. The molecule has 0 spiro atoms. The number of hydrogen-bond acceptors (Lipinski definition) is 5. The maximum absolute atomic E-state index is 10.7. The van der Waals surface area contributed by atoms with E-state index in [-0.39, 0.29) is 6.42 Å². The lowest BCUT2D eigenvalue weighted by molar-refractivity contribution is -0.307. The molecule has 2 aromatic carbocycles. The average Bonchev–Trinajstić information content (AvgIpc) is 3.56. The molecule has 2 atom stereocenters. The molecule has 4 rings (SSSR count). The van der Waals surface area contributed by atoms with Crippen LogP contribution in [0.2, 0.25) is 0 Å². The van der Waals surface area contributed by atoms with Gasteiger partial charge in [-0.15, -0.1) is 0 Å². The molecule has 160 valence electrons. The molecule has 5 heteroatoms. The lowest BCUT2D eigenvalue weighted by atomic mass is 9.91. The molecule has 31 heavy (non-hydrogen) atoms. The quantitative estimate of drug-likeness (QED) is 0.587. The van der Waals surface area contributed by atoms with Gasteiger partial charge >= 0.3 is 0 Å². The number of carboxylic acid groups (broad SMARTS) is 1. The predicted octanol–water partition coefficient (Wildman–Crippen LogP) is 3.35. The van der Waals surface area contributed by atoms with Crippen LogP contribution in [-0.4, -0.2) is 33.4 Å². The molecular formula is C26H26NO4-. The van der Waals surface area contributed by atoms with Crippen molar-refractivity contribution in [2.24, 2.45) is 0 Å². The van der Waals surface area contributed by atoms with Crippen molar-refractivity contribution >= 4 is 22.9 Å². The summed E-state index contributed by atoms with van der Waals surface area (Å²) in [6.07, 6.45) is 2.98. The number of fused-ring (bicyclic) bond motifs is 1. The number of nitrogens with zero attached hydrogens (tertiary/aromatic N) is 1. The Bertz CT molecular complexity index is 1120. The van der Waals surface area contributed by atoms with E-state index in [1.54, 1.807) is 6.08 Å². The fraction of sp³-hybridized carbons (Fsp3) is 0.308. The van der Waals surface area contributed by atoms with Crippen LogP contribution in [-0.2, 0) is 4.79 Å². The van der Waals surface area contributed by atoms with Crippen LogP contribution >= 0.6 is 0 Å². The number of carboxylic acids is 1. The van der Waals surface area contributed by atoms with E-state index in [0.29, 0.717) is 5.92 Å². The molecule has 1 aliphatic rings. The number of aryl methyl sites for hydroxylation is 1. The summed E-state index contributed by atoms with van der Waals surface area (Å²) in [6.45, 7) is 2.05. The number of para-hydroxylation sites is 1. The molecule has 1 saturated carbocycles. The average molecular weight is 416 g/mol. The Morgan fingerprint density at radius 1 is 1.16 bits per heavy atom. The van der Waals surface area contributed by atoms with Crippen molar-refractivity contribution in [2.75, 3.05) is 0 Å². The third-order valence-corrected chi connectivity index (χ3v) is 5.66. The minimum atomic E-state index is -1.33. The maximum atomic E-state index is 10.7. The van der Waals surface area contributed by atoms with Gasteiger partial charge in [0, 0.05) is 41.2 Å². The van der Waals surface area contributed by atoms with Crippen LogP contribution in [0, 0.1) is 6.92 Å². The van der Waals surface area contributed by atoms with E-state index in [4.69, 9.17) is 4.98 Å². The zero-order chi connectivity index (χ0) is 22.0. The summed E-state index contributed by atoms with van der Waals surface area (Å²) in [7, 11) is 0. The van der Waals surface area contributed by atoms with Gasteiger partial charge in [0.2, 0.25) is 0 Å². The van der Waals surface area contributed by atoms with Gasteiger partial charge in [-0.2, -0.15) is 0 Å². The highest BCUT2D eigenvalue weighted by Crippen LogP contribution is 2.45. The standard InChI is InChI=1S/C26H27NO4/c1-16-6-8-17(9-7-16)25-21-4-2-3-5-23(21)27-26(18-10-11-18)22(25)13-12-19(28)14-20(29)15-24(30)31/h2-9,12-13,18-20,28-29H,10-11,14-15H2,1H3,(H,30,31)/p-1/b13-12+/t19-,20-/m1/s1. The van der Waals surface area contributed by atoms with Crippen molar-refractivity contribution in [1.29, 1.82) is 0 Å². The van der Waals surface area contributed by atoms with Crippen molar-refractivity contribution in [2.45, 2.75) is 50.7 Å². The minimum Gasteiger partial charge on any atom is -0.550 e. The Hall–Kier alpha value is -3.02. The number of aliphatic hydroxyl groups is 2. The van der Waals surface area contributed by atoms with Crippen LogP contribution in [0.3, 0.4) is 0 Å². The summed E-state index contributed by atoms with van der Waals surface area (Å²) in [4.78, 5) is 15.6. The van der Waals surface area contributed by atoms with E-state index in [1.807, 2.05) is 24.3 Å². The fourth-order valence-electron chi connectivity index (χ4n) is 3.95. The second kappa shape index (κ2) is 9.00. The van der Waals surface area contributed by atoms with E-state index in [0.717, 1.165) is 46.1 Å². The Kier molecular flexibility index (Phi) is 6.16. The smallest absolute Gasteiger partial charge is 0.0748 e. The van der Waals surface area contributed by atoms with Crippen LogP contribution in [0.1, 0.15) is 48.4 Å². The van der Waals surface area contributed by atoms with E-state index >= 15 is 0 Å². The van der Waals surface area contributed by atoms with Crippen LogP contribution in [0.4, 0.5) is 0 Å².